The molecule has 4 nitrogen and oxygen atoms in total. The topological polar surface area (TPSA) is 58.2 Å². The van der Waals surface area contributed by atoms with E-state index in [1.807, 2.05) is 27.0 Å². The normalized spacial score (nSPS) is 15.1. The molecule has 114 valence electrons. The monoisotopic (exact) mass is 298 g/mol. The van der Waals surface area contributed by atoms with Crippen molar-refractivity contribution < 1.29 is 8.42 Å². The van der Waals surface area contributed by atoms with Gasteiger partial charge in [-0.15, -0.1) is 0 Å². The van der Waals surface area contributed by atoms with E-state index >= 15 is 0 Å². The van der Waals surface area contributed by atoms with E-state index < -0.39 is 10.0 Å². The molecule has 0 radical (unpaired) electrons. The van der Waals surface area contributed by atoms with Crippen molar-refractivity contribution in [2.24, 2.45) is 5.92 Å². The zero-order chi connectivity index (χ0) is 15.3. The van der Waals surface area contributed by atoms with E-state index in [9.17, 15) is 8.42 Å². The fraction of sp³-hybridized carbons (Fsp3) is 0.600. The second-order valence-corrected chi connectivity index (χ2v) is 7.05. The lowest BCUT2D eigenvalue weighted by atomic mass is 10.0. The SMILES string of the molecule is CCC(C)C(C)NS(=O)(=O)c1cccc(CNC)c1C. The molecule has 0 aromatic heterocycles. The van der Waals surface area contributed by atoms with Crippen LogP contribution in [-0.4, -0.2) is 21.5 Å². The Morgan fingerprint density at radius 3 is 2.45 bits per heavy atom. The van der Waals surface area contributed by atoms with Gasteiger partial charge in [-0.05, 0) is 44.0 Å². The van der Waals surface area contributed by atoms with Crippen LogP contribution in [-0.2, 0) is 16.6 Å². The Morgan fingerprint density at radius 2 is 1.90 bits per heavy atom. The van der Waals surface area contributed by atoms with Gasteiger partial charge in [-0.25, -0.2) is 13.1 Å². The maximum Gasteiger partial charge on any atom is 0.241 e. The first-order valence-corrected chi connectivity index (χ1v) is 8.57. The number of hydrogen-bond donors (Lipinski definition) is 2. The van der Waals surface area contributed by atoms with Crippen LogP contribution in [0.15, 0.2) is 23.1 Å². The maximum absolute atomic E-state index is 12.5. The van der Waals surface area contributed by atoms with Gasteiger partial charge in [-0.2, -0.15) is 0 Å². The second-order valence-electron chi connectivity index (χ2n) is 5.37. The highest BCUT2D eigenvalue weighted by Crippen LogP contribution is 2.20. The largest absolute Gasteiger partial charge is 0.316 e. The molecule has 0 aliphatic carbocycles. The zero-order valence-electron chi connectivity index (χ0n) is 13.0. The number of nitrogens with one attached hydrogen (secondary N) is 2. The van der Waals surface area contributed by atoms with Gasteiger partial charge in [-0.3, -0.25) is 0 Å². The van der Waals surface area contributed by atoms with Gasteiger partial charge < -0.3 is 5.32 Å². The quantitative estimate of drug-likeness (QED) is 0.813. The number of rotatable bonds is 7. The molecule has 20 heavy (non-hydrogen) atoms. The molecule has 1 aromatic carbocycles. The first kappa shape index (κ1) is 17.1. The summed E-state index contributed by atoms with van der Waals surface area (Å²) in [5.41, 5.74) is 1.82. The molecule has 1 aromatic rings. The Labute approximate surface area is 123 Å². The molecule has 0 saturated carbocycles. The number of sulfonamides is 1. The van der Waals surface area contributed by atoms with Gasteiger partial charge in [0.25, 0.3) is 0 Å². The van der Waals surface area contributed by atoms with Crippen molar-refractivity contribution in [2.45, 2.75) is 51.6 Å². The molecule has 5 heteroatoms. The highest BCUT2D eigenvalue weighted by molar-refractivity contribution is 7.89. The summed E-state index contributed by atoms with van der Waals surface area (Å²) in [5.74, 6) is 0.311. The highest BCUT2D eigenvalue weighted by Gasteiger charge is 2.22. The van der Waals surface area contributed by atoms with E-state index in [0.717, 1.165) is 17.5 Å². The van der Waals surface area contributed by atoms with E-state index in [1.165, 1.54) is 0 Å². The van der Waals surface area contributed by atoms with Gasteiger partial charge in [0.05, 0.1) is 4.90 Å². The number of benzene rings is 1. The minimum absolute atomic E-state index is 0.0719. The molecule has 0 saturated heterocycles. The van der Waals surface area contributed by atoms with E-state index in [-0.39, 0.29) is 6.04 Å². The van der Waals surface area contributed by atoms with Crippen LogP contribution in [0.25, 0.3) is 0 Å². The third-order valence-corrected chi connectivity index (χ3v) is 5.59. The summed E-state index contributed by atoms with van der Waals surface area (Å²) >= 11 is 0. The van der Waals surface area contributed by atoms with Gasteiger partial charge in [0.2, 0.25) is 10.0 Å². The van der Waals surface area contributed by atoms with Gasteiger partial charge >= 0.3 is 0 Å². The van der Waals surface area contributed by atoms with Crippen molar-refractivity contribution in [1.82, 2.24) is 10.0 Å². The predicted octanol–water partition coefficient (Wildman–Crippen LogP) is 2.43. The third-order valence-electron chi connectivity index (χ3n) is 3.89. The average Bonchev–Trinajstić information content (AvgIpc) is 2.39. The van der Waals surface area contributed by atoms with Gasteiger partial charge in [0, 0.05) is 12.6 Å². The van der Waals surface area contributed by atoms with Crippen LogP contribution in [0.1, 0.15) is 38.3 Å². The van der Waals surface area contributed by atoms with Gasteiger partial charge in [0.15, 0.2) is 0 Å². The van der Waals surface area contributed by atoms with Crippen LogP contribution in [0.5, 0.6) is 0 Å². The predicted molar refractivity (Wildman–Crippen MR) is 83.2 cm³/mol. The van der Waals surface area contributed by atoms with Crippen LogP contribution < -0.4 is 10.0 Å². The van der Waals surface area contributed by atoms with Crippen molar-refractivity contribution >= 4 is 10.0 Å². The van der Waals surface area contributed by atoms with Crippen LogP contribution >= 0.6 is 0 Å². The van der Waals surface area contributed by atoms with E-state index in [2.05, 4.69) is 23.9 Å². The van der Waals surface area contributed by atoms with E-state index in [1.54, 1.807) is 12.1 Å². The summed E-state index contributed by atoms with van der Waals surface area (Å²) in [6, 6.07) is 5.34. The summed E-state index contributed by atoms with van der Waals surface area (Å²) < 4.78 is 27.8. The molecule has 2 N–H and O–H groups in total. The molecular weight excluding hydrogens is 272 g/mol. The molecule has 0 aliphatic rings. The first-order chi connectivity index (χ1) is 9.33. The second kappa shape index (κ2) is 7.20. The Bertz CT molecular complexity index is 541. The van der Waals surface area contributed by atoms with Crippen LogP contribution in [0, 0.1) is 12.8 Å². The lowest BCUT2D eigenvalue weighted by molar-refractivity contribution is 0.434. The summed E-state index contributed by atoms with van der Waals surface area (Å²) in [5, 5.41) is 3.06. The van der Waals surface area contributed by atoms with Crippen LogP contribution in [0.3, 0.4) is 0 Å². The summed E-state index contributed by atoms with van der Waals surface area (Å²) in [7, 11) is -1.61. The molecule has 1 rings (SSSR count). The molecule has 0 spiro atoms. The fourth-order valence-corrected chi connectivity index (χ4v) is 3.75. The minimum atomic E-state index is -3.46. The molecule has 0 bridgehead atoms. The van der Waals surface area contributed by atoms with Gasteiger partial charge in [0.1, 0.15) is 0 Å². The van der Waals surface area contributed by atoms with Crippen molar-refractivity contribution in [3.8, 4) is 0 Å². The van der Waals surface area contributed by atoms with Crippen molar-refractivity contribution in [3.63, 3.8) is 0 Å². The lowest BCUT2D eigenvalue weighted by Gasteiger charge is -2.21. The van der Waals surface area contributed by atoms with Gasteiger partial charge in [-0.1, -0.05) is 32.4 Å². The van der Waals surface area contributed by atoms with E-state index in [0.29, 0.717) is 17.4 Å². The molecule has 0 aliphatic heterocycles. The smallest absolute Gasteiger partial charge is 0.241 e. The molecule has 0 heterocycles. The molecular formula is C15H26N2O2S. The Kier molecular flexibility index (Phi) is 6.17. The highest BCUT2D eigenvalue weighted by atomic mass is 32.2. The standard InChI is InChI=1S/C15H26N2O2S/c1-6-11(2)13(4)17-20(18,19)15-9-7-8-14(10-16-5)12(15)3/h7-9,11,13,16-17H,6,10H2,1-5H3. The molecule has 0 amide bonds. The third kappa shape index (κ3) is 4.04. The summed E-state index contributed by atoms with van der Waals surface area (Å²) in [6.07, 6.45) is 0.947. The first-order valence-electron chi connectivity index (χ1n) is 7.08. The van der Waals surface area contributed by atoms with Crippen LogP contribution in [0.4, 0.5) is 0 Å². The summed E-state index contributed by atoms with van der Waals surface area (Å²) in [4.78, 5) is 0.375. The lowest BCUT2D eigenvalue weighted by Crippen LogP contribution is -2.37. The van der Waals surface area contributed by atoms with Crippen molar-refractivity contribution in [3.05, 3.63) is 29.3 Å². The fourth-order valence-electron chi connectivity index (χ4n) is 2.11. The number of hydrogen-bond acceptors (Lipinski definition) is 3. The Morgan fingerprint density at radius 1 is 1.25 bits per heavy atom. The van der Waals surface area contributed by atoms with Crippen molar-refractivity contribution in [1.29, 1.82) is 0 Å². The maximum atomic E-state index is 12.5. The van der Waals surface area contributed by atoms with E-state index in [4.69, 9.17) is 0 Å². The van der Waals surface area contributed by atoms with Crippen molar-refractivity contribution in [2.75, 3.05) is 7.05 Å². The average molecular weight is 298 g/mol. The Balaban J connectivity index is 3.07. The minimum Gasteiger partial charge on any atom is -0.316 e. The molecule has 2 atom stereocenters. The van der Waals surface area contributed by atoms with Crippen LogP contribution in [0.2, 0.25) is 0 Å². The molecule has 0 fully saturated rings. The summed E-state index contributed by atoms with van der Waals surface area (Å²) in [6.45, 7) is 8.55. The Hall–Kier alpha value is -0.910. The zero-order valence-corrected chi connectivity index (χ0v) is 13.8. The molecule has 2 unspecified atom stereocenters.